The summed E-state index contributed by atoms with van der Waals surface area (Å²) < 4.78 is 6.13. The van der Waals surface area contributed by atoms with E-state index in [4.69, 9.17) is 4.74 Å². The molecule has 0 aromatic heterocycles. The van der Waals surface area contributed by atoms with Crippen LogP contribution in [0.2, 0.25) is 0 Å². The Balaban J connectivity index is 1.69. The smallest absolute Gasteiger partial charge is 0.224 e. The van der Waals surface area contributed by atoms with Crippen LogP contribution in [0, 0.1) is 29.1 Å². The highest BCUT2D eigenvalue weighted by molar-refractivity contribution is 5.79. The van der Waals surface area contributed by atoms with Crippen LogP contribution in [0.5, 0.6) is 0 Å². The van der Waals surface area contributed by atoms with Gasteiger partial charge in [-0.25, -0.2) is 0 Å². The number of hydrogen-bond acceptors (Lipinski definition) is 3. The summed E-state index contributed by atoms with van der Waals surface area (Å²) in [7, 11) is 0. The number of nitriles is 1. The quantitative estimate of drug-likeness (QED) is 0.505. The molecule has 0 bridgehead atoms. The van der Waals surface area contributed by atoms with Gasteiger partial charge in [-0.1, -0.05) is 63.2 Å². The van der Waals surface area contributed by atoms with Crippen LogP contribution in [0.3, 0.4) is 0 Å². The van der Waals surface area contributed by atoms with Crippen molar-refractivity contribution in [2.75, 3.05) is 13.2 Å². The summed E-state index contributed by atoms with van der Waals surface area (Å²) in [5.74, 6) is 1.33. The van der Waals surface area contributed by atoms with Crippen molar-refractivity contribution in [2.45, 2.75) is 96.9 Å². The van der Waals surface area contributed by atoms with Gasteiger partial charge in [0.05, 0.1) is 19.3 Å². The lowest BCUT2D eigenvalue weighted by molar-refractivity contribution is -0.125. The zero-order chi connectivity index (χ0) is 22.8. The fraction of sp³-hybridized carbons (Fsp3) is 0.714. The van der Waals surface area contributed by atoms with Gasteiger partial charge >= 0.3 is 0 Å². The number of nitrogens with zero attached hydrogens (tertiary/aromatic N) is 1. The molecular weight excluding hydrogens is 396 g/mol. The summed E-state index contributed by atoms with van der Waals surface area (Å²) in [5, 5.41) is 12.8. The second-order valence-corrected chi connectivity index (χ2v) is 9.88. The van der Waals surface area contributed by atoms with Gasteiger partial charge in [-0.15, -0.1) is 0 Å². The minimum atomic E-state index is -0.486. The van der Waals surface area contributed by atoms with Gasteiger partial charge in [0.25, 0.3) is 0 Å². The molecule has 0 radical (unpaired) electrons. The highest BCUT2D eigenvalue weighted by Crippen LogP contribution is 2.39. The lowest BCUT2D eigenvalue weighted by atomic mass is 9.79. The highest BCUT2D eigenvalue weighted by atomic mass is 16.5. The Kier molecular flexibility index (Phi) is 10.1. The Bertz CT molecular complexity index is 750. The minimum absolute atomic E-state index is 0.0646. The number of ether oxygens (including phenoxy) is 1. The number of nitrogens with one attached hydrogen (secondary N) is 1. The van der Waals surface area contributed by atoms with Gasteiger partial charge in [0.15, 0.2) is 0 Å². The van der Waals surface area contributed by atoms with Crippen LogP contribution in [0.1, 0.15) is 90.9 Å². The van der Waals surface area contributed by atoms with Gasteiger partial charge in [0.1, 0.15) is 6.04 Å². The lowest BCUT2D eigenvalue weighted by Crippen LogP contribution is -2.38. The molecule has 0 aromatic carbocycles. The van der Waals surface area contributed by atoms with Gasteiger partial charge in [-0.05, 0) is 68.1 Å². The Morgan fingerprint density at radius 2 is 1.78 bits per heavy atom. The Morgan fingerprint density at radius 1 is 1.09 bits per heavy atom. The molecule has 3 rings (SSSR count). The molecule has 1 amide bonds. The first-order chi connectivity index (χ1) is 15.7. The van der Waals surface area contributed by atoms with Crippen molar-refractivity contribution in [3.8, 4) is 6.07 Å². The summed E-state index contributed by atoms with van der Waals surface area (Å²) in [5.41, 5.74) is 3.79. The molecule has 3 unspecified atom stereocenters. The van der Waals surface area contributed by atoms with E-state index in [1.807, 2.05) is 6.92 Å². The van der Waals surface area contributed by atoms with E-state index in [1.165, 1.54) is 56.1 Å². The molecule has 1 saturated heterocycles. The molecule has 1 N–H and O–H groups in total. The summed E-state index contributed by atoms with van der Waals surface area (Å²) in [4.78, 5) is 12.8. The second kappa shape index (κ2) is 13.0. The van der Waals surface area contributed by atoms with Crippen molar-refractivity contribution < 1.29 is 9.53 Å². The van der Waals surface area contributed by atoms with Crippen LogP contribution in [0.4, 0.5) is 0 Å². The van der Waals surface area contributed by atoms with Gasteiger partial charge in [-0.2, -0.15) is 5.26 Å². The molecule has 1 heterocycles. The fourth-order valence-corrected chi connectivity index (χ4v) is 5.84. The van der Waals surface area contributed by atoms with Gasteiger partial charge in [0.2, 0.25) is 5.91 Å². The normalized spacial score (nSPS) is 29.3. The van der Waals surface area contributed by atoms with Crippen LogP contribution in [0.25, 0.3) is 0 Å². The highest BCUT2D eigenvalue weighted by Gasteiger charge is 2.31. The van der Waals surface area contributed by atoms with Crippen LogP contribution >= 0.6 is 0 Å². The number of carbonyl (C=O) groups excluding carboxylic acids is 1. The molecule has 3 atom stereocenters. The van der Waals surface area contributed by atoms with Crippen LogP contribution < -0.4 is 5.32 Å². The number of carbonyl (C=O) groups is 1. The first-order valence-corrected chi connectivity index (χ1v) is 13.0. The monoisotopic (exact) mass is 438 g/mol. The first kappa shape index (κ1) is 24.8. The maximum Gasteiger partial charge on any atom is 0.224 e. The average Bonchev–Trinajstić information content (AvgIpc) is 3.27. The van der Waals surface area contributed by atoms with E-state index >= 15 is 0 Å². The van der Waals surface area contributed by atoms with Crippen molar-refractivity contribution in [2.24, 2.45) is 17.8 Å². The third kappa shape index (κ3) is 6.82. The number of hydrogen-bond donors (Lipinski definition) is 1. The third-order valence-electron chi connectivity index (χ3n) is 7.70. The standard InChI is InChI=1S/C28H42N2O2/c1-3-21(17-25(18-29)30-28(31)22-12-8-5-6-9-13-22)16-24-20-32-19-23-14-10-7-11-15-27(23)26(24)4-2/h3-4,16,22-23,25,27H,5-15,17,19-20H2,1-2H3,(H,30,31)/b21-3+,24-16-,26-4+. The van der Waals surface area contributed by atoms with E-state index in [-0.39, 0.29) is 11.8 Å². The molecule has 32 heavy (non-hydrogen) atoms. The van der Waals surface area contributed by atoms with E-state index in [0.717, 1.165) is 37.9 Å². The van der Waals surface area contributed by atoms with Crippen molar-refractivity contribution >= 4 is 5.91 Å². The molecule has 0 aromatic rings. The Labute approximate surface area is 195 Å². The predicted molar refractivity (Wildman–Crippen MR) is 130 cm³/mol. The van der Waals surface area contributed by atoms with Crippen molar-refractivity contribution in [1.29, 1.82) is 5.26 Å². The van der Waals surface area contributed by atoms with E-state index in [0.29, 0.717) is 24.9 Å². The van der Waals surface area contributed by atoms with Crippen LogP contribution in [0.15, 0.2) is 34.9 Å². The largest absolute Gasteiger partial charge is 0.376 e. The van der Waals surface area contributed by atoms with E-state index in [1.54, 1.807) is 0 Å². The van der Waals surface area contributed by atoms with Gasteiger partial charge < -0.3 is 10.1 Å². The molecule has 176 valence electrons. The van der Waals surface area contributed by atoms with E-state index < -0.39 is 6.04 Å². The summed E-state index contributed by atoms with van der Waals surface area (Å²) in [6, 6.07) is 1.85. The Morgan fingerprint density at radius 3 is 2.47 bits per heavy atom. The van der Waals surface area contributed by atoms with Gasteiger partial charge in [0, 0.05) is 12.3 Å². The molecule has 4 nitrogen and oxygen atoms in total. The van der Waals surface area contributed by atoms with Crippen LogP contribution in [-0.4, -0.2) is 25.2 Å². The fourth-order valence-electron chi connectivity index (χ4n) is 5.84. The second-order valence-electron chi connectivity index (χ2n) is 9.88. The molecule has 2 saturated carbocycles. The summed E-state index contributed by atoms with van der Waals surface area (Å²) in [6.07, 6.45) is 20.2. The summed E-state index contributed by atoms with van der Waals surface area (Å²) in [6.45, 7) is 5.66. The molecule has 4 heteroatoms. The topological polar surface area (TPSA) is 62.1 Å². The third-order valence-corrected chi connectivity index (χ3v) is 7.70. The lowest BCUT2D eigenvalue weighted by Gasteiger charge is -2.25. The van der Waals surface area contributed by atoms with Gasteiger partial charge in [-0.3, -0.25) is 4.79 Å². The molecule has 3 fully saturated rings. The minimum Gasteiger partial charge on any atom is -0.376 e. The van der Waals surface area contributed by atoms with E-state index in [9.17, 15) is 10.1 Å². The maximum atomic E-state index is 12.8. The SMILES string of the molecule is C\C=C(/C=C1/COCC2CCCCCC2/C1=C/C)CC(C#N)NC(=O)C1CCCCCC1. The molecule has 3 aliphatic rings. The molecule has 2 aliphatic carbocycles. The van der Waals surface area contributed by atoms with Crippen LogP contribution in [-0.2, 0) is 9.53 Å². The first-order valence-electron chi connectivity index (χ1n) is 13.0. The number of amides is 1. The zero-order valence-corrected chi connectivity index (χ0v) is 20.2. The van der Waals surface area contributed by atoms with Crippen molar-refractivity contribution in [3.05, 3.63) is 34.9 Å². The Hall–Kier alpha value is -1.86. The number of rotatable bonds is 5. The molecular formula is C28H42N2O2. The number of allylic oxidation sites excluding steroid dienone is 3. The predicted octanol–water partition coefficient (Wildman–Crippen LogP) is 6.40. The average molecular weight is 439 g/mol. The van der Waals surface area contributed by atoms with Crippen molar-refractivity contribution in [3.63, 3.8) is 0 Å². The number of fused-ring (bicyclic) bond motifs is 1. The maximum absolute atomic E-state index is 12.8. The molecule has 0 spiro atoms. The van der Waals surface area contributed by atoms with E-state index in [2.05, 4.69) is 36.5 Å². The zero-order valence-electron chi connectivity index (χ0n) is 20.2. The van der Waals surface area contributed by atoms with Crippen molar-refractivity contribution in [1.82, 2.24) is 5.32 Å². The summed E-state index contributed by atoms with van der Waals surface area (Å²) >= 11 is 0. The molecule has 1 aliphatic heterocycles.